The third-order valence-corrected chi connectivity index (χ3v) is 4.03. The molecule has 0 bridgehead atoms. The summed E-state index contributed by atoms with van der Waals surface area (Å²) in [5.74, 6) is 0.910. The summed E-state index contributed by atoms with van der Waals surface area (Å²) in [7, 11) is 4.35. The number of hydrazine groups is 1. The van der Waals surface area contributed by atoms with Crippen molar-refractivity contribution in [3.05, 3.63) is 42.0 Å². The third kappa shape index (κ3) is 3.88. The van der Waals surface area contributed by atoms with Gasteiger partial charge in [0.15, 0.2) is 23.0 Å². The van der Waals surface area contributed by atoms with Gasteiger partial charge in [-0.2, -0.15) is 0 Å². The number of carbonyl (C=O) groups is 2. The second-order valence-corrected chi connectivity index (χ2v) is 5.72. The molecule has 0 spiro atoms. The van der Waals surface area contributed by atoms with Gasteiger partial charge in [0.25, 0.3) is 11.8 Å². The lowest BCUT2D eigenvalue weighted by Crippen LogP contribution is -2.50. The van der Waals surface area contributed by atoms with Gasteiger partial charge in [-0.05, 0) is 24.3 Å². The number of ether oxygens (including phenoxy) is 5. The minimum Gasteiger partial charge on any atom is -0.493 e. The molecular formula is C19H20N2O7. The van der Waals surface area contributed by atoms with E-state index in [4.69, 9.17) is 23.7 Å². The van der Waals surface area contributed by atoms with Crippen molar-refractivity contribution in [3.63, 3.8) is 0 Å². The third-order valence-electron chi connectivity index (χ3n) is 4.03. The molecule has 0 fully saturated rings. The second-order valence-electron chi connectivity index (χ2n) is 5.72. The van der Waals surface area contributed by atoms with Gasteiger partial charge in [-0.3, -0.25) is 20.4 Å². The minimum atomic E-state index is -0.893. The summed E-state index contributed by atoms with van der Waals surface area (Å²) in [4.78, 5) is 24.7. The molecule has 0 saturated carbocycles. The number of methoxy groups -OCH3 is 3. The van der Waals surface area contributed by atoms with Crippen LogP contribution in [0.25, 0.3) is 0 Å². The molecule has 2 aromatic rings. The molecule has 1 aliphatic heterocycles. The largest absolute Gasteiger partial charge is 0.493 e. The lowest BCUT2D eigenvalue weighted by molar-refractivity contribution is -0.131. The van der Waals surface area contributed by atoms with Gasteiger partial charge in [0.1, 0.15) is 6.61 Å². The first-order valence-electron chi connectivity index (χ1n) is 8.36. The van der Waals surface area contributed by atoms with E-state index in [1.165, 1.54) is 33.5 Å². The predicted octanol–water partition coefficient (Wildman–Crippen LogP) is 1.31. The van der Waals surface area contributed by atoms with Gasteiger partial charge in [0, 0.05) is 5.56 Å². The zero-order chi connectivity index (χ0) is 20.1. The summed E-state index contributed by atoms with van der Waals surface area (Å²) < 4.78 is 26.7. The van der Waals surface area contributed by atoms with E-state index in [0.717, 1.165) is 0 Å². The van der Waals surface area contributed by atoms with Crippen molar-refractivity contribution < 1.29 is 33.3 Å². The van der Waals surface area contributed by atoms with E-state index in [1.807, 2.05) is 0 Å². The molecular weight excluding hydrogens is 368 g/mol. The van der Waals surface area contributed by atoms with Crippen molar-refractivity contribution in [2.45, 2.75) is 6.10 Å². The molecule has 2 N–H and O–H groups in total. The summed E-state index contributed by atoms with van der Waals surface area (Å²) in [5, 5.41) is 0. The Kier molecular flexibility index (Phi) is 5.73. The number of carbonyl (C=O) groups excluding carboxylic acids is 2. The molecule has 2 aromatic carbocycles. The van der Waals surface area contributed by atoms with Crippen LogP contribution in [-0.4, -0.2) is 45.9 Å². The number of hydrogen-bond acceptors (Lipinski definition) is 7. The van der Waals surface area contributed by atoms with Gasteiger partial charge < -0.3 is 23.7 Å². The van der Waals surface area contributed by atoms with Gasteiger partial charge in [-0.1, -0.05) is 12.1 Å². The van der Waals surface area contributed by atoms with Crippen molar-refractivity contribution >= 4 is 11.8 Å². The van der Waals surface area contributed by atoms with Crippen LogP contribution in [0, 0.1) is 0 Å². The Balaban J connectivity index is 1.65. The Hall–Kier alpha value is -3.62. The quantitative estimate of drug-likeness (QED) is 0.744. The fraction of sp³-hybridized carbons (Fsp3) is 0.263. The van der Waals surface area contributed by atoms with Gasteiger partial charge in [0.2, 0.25) is 11.9 Å². The zero-order valence-corrected chi connectivity index (χ0v) is 15.6. The summed E-state index contributed by atoms with van der Waals surface area (Å²) in [6, 6.07) is 9.96. The molecule has 1 atom stereocenters. The second kappa shape index (κ2) is 8.38. The molecule has 0 aliphatic carbocycles. The van der Waals surface area contributed by atoms with Crippen LogP contribution in [0.3, 0.4) is 0 Å². The molecule has 0 radical (unpaired) electrons. The highest BCUT2D eigenvalue weighted by Crippen LogP contribution is 2.38. The monoisotopic (exact) mass is 388 g/mol. The molecule has 28 heavy (non-hydrogen) atoms. The maximum Gasteiger partial charge on any atom is 0.283 e. The normalized spacial score (nSPS) is 14.6. The molecule has 148 valence electrons. The molecule has 0 saturated heterocycles. The van der Waals surface area contributed by atoms with Crippen molar-refractivity contribution in [2.24, 2.45) is 0 Å². The topological polar surface area (TPSA) is 104 Å². The Bertz CT molecular complexity index is 859. The van der Waals surface area contributed by atoms with Crippen LogP contribution in [-0.2, 0) is 4.79 Å². The van der Waals surface area contributed by atoms with Gasteiger partial charge in [-0.25, -0.2) is 0 Å². The van der Waals surface area contributed by atoms with E-state index in [1.54, 1.807) is 24.3 Å². The van der Waals surface area contributed by atoms with E-state index in [9.17, 15) is 9.59 Å². The lowest BCUT2D eigenvalue weighted by atomic mass is 10.1. The average molecular weight is 388 g/mol. The highest BCUT2D eigenvalue weighted by molar-refractivity contribution is 5.97. The molecule has 1 aliphatic rings. The first-order valence-corrected chi connectivity index (χ1v) is 8.36. The minimum absolute atomic E-state index is 0.0307. The first kappa shape index (κ1) is 19.2. The molecule has 1 unspecified atom stereocenters. The fourth-order valence-corrected chi connectivity index (χ4v) is 2.63. The Morgan fingerprint density at radius 1 is 0.964 bits per heavy atom. The molecule has 9 heteroatoms. The van der Waals surface area contributed by atoms with E-state index < -0.39 is 17.9 Å². The van der Waals surface area contributed by atoms with Crippen LogP contribution in [0.4, 0.5) is 0 Å². The van der Waals surface area contributed by atoms with Crippen LogP contribution in [0.2, 0.25) is 0 Å². The van der Waals surface area contributed by atoms with E-state index in [0.29, 0.717) is 28.7 Å². The first-order chi connectivity index (χ1) is 13.6. The lowest BCUT2D eigenvalue weighted by Gasteiger charge is -2.25. The SMILES string of the molecule is COc1cc(C(=O)NNC(=O)C2COc3ccccc3O2)cc(OC)c1OC. The summed E-state index contributed by atoms with van der Waals surface area (Å²) in [6.07, 6.45) is -0.893. The van der Waals surface area contributed by atoms with Crippen molar-refractivity contribution in [1.29, 1.82) is 0 Å². The molecule has 3 rings (SSSR count). The molecule has 9 nitrogen and oxygen atoms in total. The molecule has 2 amide bonds. The Morgan fingerprint density at radius 2 is 1.61 bits per heavy atom. The highest BCUT2D eigenvalue weighted by atomic mass is 16.6. The van der Waals surface area contributed by atoms with Crippen molar-refractivity contribution in [3.8, 4) is 28.7 Å². The summed E-state index contributed by atoms with van der Waals surface area (Å²) >= 11 is 0. The Morgan fingerprint density at radius 3 is 2.21 bits per heavy atom. The molecule has 1 heterocycles. The maximum absolute atomic E-state index is 12.4. The summed E-state index contributed by atoms with van der Waals surface area (Å²) in [5.41, 5.74) is 4.87. The van der Waals surface area contributed by atoms with Crippen molar-refractivity contribution in [2.75, 3.05) is 27.9 Å². The zero-order valence-electron chi connectivity index (χ0n) is 15.6. The number of rotatable bonds is 5. The smallest absolute Gasteiger partial charge is 0.283 e. The number of nitrogens with one attached hydrogen (secondary N) is 2. The number of fused-ring (bicyclic) bond motifs is 1. The van der Waals surface area contributed by atoms with Crippen LogP contribution < -0.4 is 34.5 Å². The van der Waals surface area contributed by atoms with E-state index in [2.05, 4.69) is 10.9 Å². The standard InChI is InChI=1S/C19H20N2O7/c1-24-14-8-11(9-15(25-2)17(14)26-3)18(22)20-21-19(23)16-10-27-12-6-4-5-7-13(12)28-16/h4-9,16H,10H2,1-3H3,(H,20,22)(H,21,23). The Labute approximate surface area is 161 Å². The number of hydrogen-bond donors (Lipinski definition) is 2. The predicted molar refractivity (Wildman–Crippen MR) is 98.1 cm³/mol. The number of amides is 2. The number of benzene rings is 2. The van der Waals surface area contributed by atoms with Gasteiger partial charge in [-0.15, -0.1) is 0 Å². The van der Waals surface area contributed by atoms with Crippen LogP contribution in [0.1, 0.15) is 10.4 Å². The number of para-hydroxylation sites is 2. The van der Waals surface area contributed by atoms with Gasteiger partial charge in [0.05, 0.1) is 21.3 Å². The average Bonchev–Trinajstić information content (AvgIpc) is 2.75. The molecule has 0 aromatic heterocycles. The van der Waals surface area contributed by atoms with Gasteiger partial charge >= 0.3 is 0 Å². The van der Waals surface area contributed by atoms with Crippen LogP contribution >= 0.6 is 0 Å². The van der Waals surface area contributed by atoms with Crippen molar-refractivity contribution in [1.82, 2.24) is 10.9 Å². The van der Waals surface area contributed by atoms with E-state index >= 15 is 0 Å². The maximum atomic E-state index is 12.4. The fourth-order valence-electron chi connectivity index (χ4n) is 2.63. The van der Waals surface area contributed by atoms with E-state index in [-0.39, 0.29) is 12.2 Å². The summed E-state index contributed by atoms with van der Waals surface area (Å²) in [6.45, 7) is 0.0307. The van der Waals surface area contributed by atoms with Crippen LogP contribution in [0.15, 0.2) is 36.4 Å². The highest BCUT2D eigenvalue weighted by Gasteiger charge is 2.27. The van der Waals surface area contributed by atoms with Crippen LogP contribution in [0.5, 0.6) is 28.7 Å².